The van der Waals surface area contributed by atoms with Crippen molar-refractivity contribution < 1.29 is 9.84 Å². The number of aromatic nitrogens is 2. The van der Waals surface area contributed by atoms with Gasteiger partial charge in [-0.05, 0) is 38.1 Å². The molecule has 1 N–H and O–H groups in total. The van der Waals surface area contributed by atoms with Gasteiger partial charge in [-0.25, -0.2) is 4.68 Å². The van der Waals surface area contributed by atoms with E-state index in [1.807, 2.05) is 0 Å². The van der Waals surface area contributed by atoms with Crippen LogP contribution in [0.15, 0.2) is 41.3 Å². The Morgan fingerprint density at radius 1 is 1.41 bits per heavy atom. The van der Waals surface area contributed by atoms with E-state index in [1.165, 1.54) is 16.9 Å². The van der Waals surface area contributed by atoms with Crippen LogP contribution >= 0.6 is 0 Å². The van der Waals surface area contributed by atoms with Crippen molar-refractivity contribution in [1.82, 2.24) is 9.78 Å². The molecule has 0 bridgehead atoms. The van der Waals surface area contributed by atoms with Gasteiger partial charge in [-0.15, -0.1) is 0 Å². The summed E-state index contributed by atoms with van der Waals surface area (Å²) in [5.41, 5.74) is -0.199. The lowest BCUT2D eigenvalue weighted by Gasteiger charge is -2.42. The van der Waals surface area contributed by atoms with Crippen molar-refractivity contribution >= 4 is 0 Å². The molecule has 6 nitrogen and oxygen atoms in total. The van der Waals surface area contributed by atoms with Crippen molar-refractivity contribution in [2.45, 2.75) is 31.6 Å². The highest BCUT2D eigenvalue weighted by Gasteiger charge is 2.44. The van der Waals surface area contributed by atoms with E-state index in [9.17, 15) is 9.90 Å². The zero-order valence-corrected chi connectivity index (χ0v) is 12.2. The van der Waals surface area contributed by atoms with Gasteiger partial charge in [-0.1, -0.05) is 0 Å². The van der Waals surface area contributed by atoms with Crippen LogP contribution in [-0.2, 0) is 0 Å². The first-order valence-corrected chi connectivity index (χ1v) is 6.89. The Bertz CT molecular complexity index is 820. The number of ether oxygens (including phenoxy) is 1. The number of fused-ring (bicyclic) bond motifs is 1. The maximum Gasteiger partial charge on any atom is 0.267 e. The van der Waals surface area contributed by atoms with E-state index < -0.39 is 17.7 Å². The normalized spacial score (nSPS) is 22.3. The molecule has 6 heteroatoms. The van der Waals surface area contributed by atoms with Gasteiger partial charge in [-0.2, -0.15) is 10.4 Å². The van der Waals surface area contributed by atoms with E-state index in [4.69, 9.17) is 10.00 Å². The average Bonchev–Trinajstić information content (AvgIpc) is 2.49. The quantitative estimate of drug-likeness (QED) is 0.855. The van der Waals surface area contributed by atoms with Crippen LogP contribution in [0.4, 0.5) is 0 Å². The van der Waals surface area contributed by atoms with Crippen LogP contribution in [0, 0.1) is 11.3 Å². The maximum atomic E-state index is 12.1. The van der Waals surface area contributed by atoms with E-state index in [0.717, 1.165) is 0 Å². The maximum absolute atomic E-state index is 12.1. The molecular weight excluding hydrogens is 282 g/mol. The molecule has 0 unspecified atom stereocenters. The largest absolute Gasteiger partial charge is 0.485 e. The average molecular weight is 297 g/mol. The highest BCUT2D eigenvalue weighted by Crippen LogP contribution is 2.41. The third-order valence-electron chi connectivity index (χ3n) is 3.85. The minimum Gasteiger partial charge on any atom is -0.485 e. The highest BCUT2D eigenvalue weighted by atomic mass is 16.5. The molecule has 0 saturated heterocycles. The molecule has 1 aliphatic heterocycles. The first-order chi connectivity index (χ1) is 10.4. The topological polar surface area (TPSA) is 88.1 Å². The van der Waals surface area contributed by atoms with E-state index in [0.29, 0.717) is 16.9 Å². The summed E-state index contributed by atoms with van der Waals surface area (Å²) in [5, 5.41) is 23.8. The molecule has 22 heavy (non-hydrogen) atoms. The number of hydrogen-bond donors (Lipinski definition) is 1. The van der Waals surface area contributed by atoms with Gasteiger partial charge in [0, 0.05) is 17.8 Å². The number of nitrogens with zero attached hydrogens (tertiary/aromatic N) is 3. The molecule has 0 aliphatic carbocycles. The monoisotopic (exact) mass is 297 g/mol. The number of rotatable bonds is 1. The Labute approximate surface area is 127 Å². The molecule has 0 saturated carbocycles. The Kier molecular flexibility index (Phi) is 3.23. The minimum atomic E-state index is -0.985. The lowest BCUT2D eigenvalue weighted by molar-refractivity contribution is -0.0666. The Morgan fingerprint density at radius 2 is 2.18 bits per heavy atom. The van der Waals surface area contributed by atoms with Gasteiger partial charge in [0.05, 0.1) is 11.6 Å². The number of benzene rings is 1. The molecule has 2 atom stereocenters. The van der Waals surface area contributed by atoms with Gasteiger partial charge in [0.2, 0.25) is 0 Å². The first-order valence-electron chi connectivity index (χ1n) is 6.89. The van der Waals surface area contributed by atoms with Gasteiger partial charge in [0.1, 0.15) is 23.5 Å². The standard InChI is InChI=1S/C16H15N3O3/c1-16(2)15(21)14(19-13(20)4-3-7-18-19)11-8-10(9-17)5-6-12(11)22-16/h3-8,14-15,21H,1-2H3/t14-,15+/m0/s1. The molecule has 0 amide bonds. The predicted octanol–water partition coefficient (Wildman–Crippen LogP) is 1.24. The molecule has 2 heterocycles. The predicted molar refractivity (Wildman–Crippen MR) is 78.5 cm³/mol. The summed E-state index contributed by atoms with van der Waals surface area (Å²) in [6.07, 6.45) is 0.506. The van der Waals surface area contributed by atoms with Crippen molar-refractivity contribution in [1.29, 1.82) is 5.26 Å². The van der Waals surface area contributed by atoms with Crippen molar-refractivity contribution in [3.63, 3.8) is 0 Å². The molecule has 1 aliphatic rings. The van der Waals surface area contributed by atoms with E-state index >= 15 is 0 Å². The SMILES string of the molecule is CC1(C)Oc2ccc(C#N)cc2[C@H](n2ncccc2=O)[C@H]1O. The van der Waals surface area contributed by atoms with Crippen molar-refractivity contribution in [3.05, 3.63) is 58.0 Å². The van der Waals surface area contributed by atoms with Crippen LogP contribution in [0.5, 0.6) is 5.75 Å². The zero-order chi connectivity index (χ0) is 15.9. The van der Waals surface area contributed by atoms with Crippen LogP contribution in [0.2, 0.25) is 0 Å². The summed E-state index contributed by atoms with van der Waals surface area (Å²) >= 11 is 0. The third kappa shape index (κ3) is 2.16. The molecule has 1 aromatic heterocycles. The van der Waals surface area contributed by atoms with Gasteiger partial charge >= 0.3 is 0 Å². The smallest absolute Gasteiger partial charge is 0.267 e. The van der Waals surface area contributed by atoms with Crippen LogP contribution in [-0.4, -0.2) is 26.6 Å². The Hall–Kier alpha value is -2.65. The van der Waals surface area contributed by atoms with Gasteiger partial charge in [0.15, 0.2) is 0 Å². The van der Waals surface area contributed by atoms with Crippen LogP contribution in [0.1, 0.15) is 31.0 Å². The van der Waals surface area contributed by atoms with Crippen LogP contribution in [0.3, 0.4) is 0 Å². The van der Waals surface area contributed by atoms with Crippen molar-refractivity contribution in [3.8, 4) is 11.8 Å². The Morgan fingerprint density at radius 3 is 2.86 bits per heavy atom. The minimum absolute atomic E-state index is 0.322. The molecule has 0 fully saturated rings. The van der Waals surface area contributed by atoms with Gasteiger partial charge < -0.3 is 9.84 Å². The molecular formula is C16H15N3O3. The zero-order valence-electron chi connectivity index (χ0n) is 12.2. The summed E-state index contributed by atoms with van der Waals surface area (Å²) in [6, 6.07) is 9.23. The molecule has 1 aromatic carbocycles. The number of aliphatic hydroxyl groups is 1. The van der Waals surface area contributed by atoms with E-state index in [1.54, 1.807) is 38.1 Å². The van der Waals surface area contributed by atoms with E-state index in [-0.39, 0.29) is 5.56 Å². The lowest BCUT2D eigenvalue weighted by Crippen LogP contribution is -2.52. The van der Waals surface area contributed by atoms with E-state index in [2.05, 4.69) is 11.2 Å². The van der Waals surface area contributed by atoms with Gasteiger partial charge in [0.25, 0.3) is 5.56 Å². The summed E-state index contributed by atoms with van der Waals surface area (Å²) in [6.45, 7) is 3.50. The summed E-state index contributed by atoms with van der Waals surface area (Å²) in [4.78, 5) is 12.1. The molecule has 112 valence electrons. The summed E-state index contributed by atoms with van der Waals surface area (Å²) in [5.74, 6) is 0.539. The number of hydrogen-bond acceptors (Lipinski definition) is 5. The second-order valence-electron chi connectivity index (χ2n) is 5.77. The van der Waals surface area contributed by atoms with Crippen molar-refractivity contribution in [2.75, 3.05) is 0 Å². The van der Waals surface area contributed by atoms with Crippen LogP contribution in [0.25, 0.3) is 0 Å². The fourth-order valence-electron chi connectivity index (χ4n) is 2.68. The molecule has 0 spiro atoms. The Balaban J connectivity index is 2.26. The fourth-order valence-corrected chi connectivity index (χ4v) is 2.68. The fraction of sp³-hybridized carbons (Fsp3) is 0.312. The summed E-state index contributed by atoms with van der Waals surface area (Å²) in [7, 11) is 0. The second kappa shape index (κ2) is 4.97. The highest BCUT2D eigenvalue weighted by molar-refractivity contribution is 5.46. The molecule has 0 radical (unpaired) electrons. The summed E-state index contributed by atoms with van der Waals surface area (Å²) < 4.78 is 7.05. The second-order valence-corrected chi connectivity index (χ2v) is 5.77. The molecule has 3 rings (SSSR count). The van der Waals surface area contributed by atoms with Crippen molar-refractivity contribution in [2.24, 2.45) is 0 Å². The van der Waals surface area contributed by atoms with Crippen LogP contribution < -0.4 is 10.3 Å². The first kappa shape index (κ1) is 14.3. The lowest BCUT2D eigenvalue weighted by atomic mass is 9.86. The molecule has 2 aromatic rings. The third-order valence-corrected chi connectivity index (χ3v) is 3.85. The van der Waals surface area contributed by atoms with Gasteiger partial charge in [-0.3, -0.25) is 4.79 Å². The number of nitriles is 1. The number of aliphatic hydroxyl groups excluding tert-OH is 1.